The Labute approximate surface area is 119 Å². The molecule has 2 rings (SSSR count). The number of phenolic OH excluding ortho intramolecular Hbond substituents is 1. The number of hydrogen-bond acceptors (Lipinski definition) is 3. The molecule has 102 valence electrons. The number of carboxylic acids is 1. The molecule has 0 fully saturated rings. The Kier molecular flexibility index (Phi) is 3.91. The van der Waals surface area contributed by atoms with Gasteiger partial charge < -0.3 is 15.5 Å². The molecule has 0 spiro atoms. The van der Waals surface area contributed by atoms with Crippen molar-refractivity contribution >= 4 is 29.2 Å². The van der Waals surface area contributed by atoms with Gasteiger partial charge in [-0.25, -0.2) is 4.79 Å². The lowest BCUT2D eigenvalue weighted by Gasteiger charge is -2.07. The largest absolute Gasteiger partial charge is 0.508 e. The van der Waals surface area contributed by atoms with Crippen LogP contribution in [0, 0.1) is 0 Å². The Bertz CT molecular complexity index is 685. The van der Waals surface area contributed by atoms with Gasteiger partial charge in [0.25, 0.3) is 5.91 Å². The molecule has 0 unspecified atom stereocenters. The van der Waals surface area contributed by atoms with Crippen molar-refractivity contribution in [2.24, 2.45) is 0 Å². The molecule has 0 heterocycles. The lowest BCUT2D eigenvalue weighted by atomic mass is 10.1. The molecule has 6 heteroatoms. The molecular formula is C14H10ClNO4. The zero-order valence-electron chi connectivity index (χ0n) is 10.1. The predicted octanol–water partition coefficient (Wildman–Crippen LogP) is 3.00. The topological polar surface area (TPSA) is 86.6 Å². The summed E-state index contributed by atoms with van der Waals surface area (Å²) in [4.78, 5) is 22.8. The van der Waals surface area contributed by atoms with Crippen LogP contribution in [-0.2, 0) is 0 Å². The van der Waals surface area contributed by atoms with Crippen molar-refractivity contribution < 1.29 is 19.8 Å². The van der Waals surface area contributed by atoms with Crippen molar-refractivity contribution in [2.75, 3.05) is 5.32 Å². The van der Waals surface area contributed by atoms with E-state index >= 15 is 0 Å². The van der Waals surface area contributed by atoms with Gasteiger partial charge in [0.05, 0.1) is 10.6 Å². The molecule has 0 aliphatic rings. The Hall–Kier alpha value is -2.53. The van der Waals surface area contributed by atoms with E-state index in [0.717, 1.165) is 0 Å². The SMILES string of the molecule is O=C(Nc1cccc(O)c1)c1ccc(C(=O)O)c(Cl)c1. The van der Waals surface area contributed by atoms with Crippen LogP contribution >= 0.6 is 11.6 Å². The number of amides is 1. The number of carbonyl (C=O) groups excluding carboxylic acids is 1. The number of nitrogens with one attached hydrogen (secondary N) is 1. The van der Waals surface area contributed by atoms with Gasteiger partial charge in [0.2, 0.25) is 0 Å². The number of carbonyl (C=O) groups is 2. The number of phenols is 1. The fourth-order valence-corrected chi connectivity index (χ4v) is 1.88. The highest BCUT2D eigenvalue weighted by molar-refractivity contribution is 6.34. The van der Waals surface area contributed by atoms with Gasteiger partial charge in [-0.15, -0.1) is 0 Å². The van der Waals surface area contributed by atoms with Gasteiger partial charge in [-0.1, -0.05) is 17.7 Å². The number of rotatable bonds is 3. The quantitative estimate of drug-likeness (QED) is 0.811. The standard InChI is InChI=1S/C14H10ClNO4/c15-12-6-8(4-5-11(12)14(19)20)13(18)16-9-2-1-3-10(17)7-9/h1-7,17H,(H,16,18)(H,19,20). The first-order valence-corrected chi connectivity index (χ1v) is 5.98. The van der Waals surface area contributed by atoms with E-state index in [2.05, 4.69) is 5.32 Å². The first-order chi connectivity index (χ1) is 9.47. The van der Waals surface area contributed by atoms with E-state index < -0.39 is 11.9 Å². The molecule has 0 saturated heterocycles. The van der Waals surface area contributed by atoms with Crippen LogP contribution in [0.5, 0.6) is 5.75 Å². The summed E-state index contributed by atoms with van der Waals surface area (Å²) in [7, 11) is 0. The lowest BCUT2D eigenvalue weighted by Crippen LogP contribution is -2.12. The number of aromatic hydroxyl groups is 1. The predicted molar refractivity (Wildman–Crippen MR) is 74.5 cm³/mol. The summed E-state index contributed by atoms with van der Waals surface area (Å²) in [5.41, 5.74) is 0.581. The van der Waals surface area contributed by atoms with E-state index in [1.165, 1.54) is 30.3 Å². The zero-order valence-corrected chi connectivity index (χ0v) is 10.9. The highest BCUT2D eigenvalue weighted by atomic mass is 35.5. The van der Waals surface area contributed by atoms with Gasteiger partial charge in [-0.05, 0) is 30.3 Å². The first-order valence-electron chi connectivity index (χ1n) is 5.60. The molecule has 2 aromatic rings. The monoisotopic (exact) mass is 291 g/mol. The molecule has 0 bridgehead atoms. The summed E-state index contributed by atoms with van der Waals surface area (Å²) < 4.78 is 0. The van der Waals surface area contributed by atoms with Gasteiger partial charge in [0, 0.05) is 17.3 Å². The maximum Gasteiger partial charge on any atom is 0.337 e. The summed E-state index contributed by atoms with van der Waals surface area (Å²) in [6.45, 7) is 0. The third kappa shape index (κ3) is 3.07. The van der Waals surface area contributed by atoms with E-state index in [1.54, 1.807) is 12.1 Å². The van der Waals surface area contributed by atoms with E-state index in [-0.39, 0.29) is 21.9 Å². The minimum Gasteiger partial charge on any atom is -0.508 e. The molecule has 0 aromatic heterocycles. The second-order valence-corrected chi connectivity index (χ2v) is 4.41. The van der Waals surface area contributed by atoms with E-state index in [9.17, 15) is 14.7 Å². The molecule has 0 radical (unpaired) electrons. The maximum atomic E-state index is 12.0. The van der Waals surface area contributed by atoms with Gasteiger partial charge in [0.15, 0.2) is 0 Å². The first kappa shape index (κ1) is 13.9. The highest BCUT2D eigenvalue weighted by Gasteiger charge is 2.12. The van der Waals surface area contributed by atoms with Crippen LogP contribution in [0.2, 0.25) is 5.02 Å². The molecule has 3 N–H and O–H groups in total. The highest BCUT2D eigenvalue weighted by Crippen LogP contribution is 2.20. The van der Waals surface area contributed by atoms with Crippen molar-refractivity contribution in [1.29, 1.82) is 0 Å². The number of halogens is 1. The van der Waals surface area contributed by atoms with Crippen LogP contribution in [0.4, 0.5) is 5.69 Å². The molecule has 0 saturated carbocycles. The van der Waals surface area contributed by atoms with Crippen LogP contribution in [0.1, 0.15) is 20.7 Å². The van der Waals surface area contributed by atoms with Crippen molar-refractivity contribution in [1.82, 2.24) is 0 Å². The molecule has 0 aliphatic carbocycles. The average Bonchev–Trinajstić information content (AvgIpc) is 2.38. The molecule has 20 heavy (non-hydrogen) atoms. The molecule has 1 amide bonds. The van der Waals surface area contributed by atoms with Crippen molar-refractivity contribution in [2.45, 2.75) is 0 Å². The second-order valence-electron chi connectivity index (χ2n) is 4.00. The second kappa shape index (κ2) is 5.63. The molecule has 2 aromatic carbocycles. The van der Waals surface area contributed by atoms with Crippen LogP contribution < -0.4 is 5.32 Å². The summed E-state index contributed by atoms with van der Waals surface area (Å²) in [5, 5.41) is 20.7. The third-order valence-corrected chi connectivity index (χ3v) is 2.88. The Morgan fingerprint density at radius 1 is 1.10 bits per heavy atom. The summed E-state index contributed by atoms with van der Waals surface area (Å²) >= 11 is 5.80. The normalized spacial score (nSPS) is 10.1. The minimum absolute atomic E-state index is 0.0129. The van der Waals surface area contributed by atoms with E-state index in [1.807, 2.05) is 0 Å². The minimum atomic E-state index is -1.16. The summed E-state index contributed by atoms with van der Waals surface area (Å²) in [6.07, 6.45) is 0. The Balaban J connectivity index is 2.22. The van der Waals surface area contributed by atoms with Crippen LogP contribution in [-0.4, -0.2) is 22.1 Å². The van der Waals surface area contributed by atoms with Crippen LogP contribution in [0.3, 0.4) is 0 Å². The summed E-state index contributed by atoms with van der Waals surface area (Å²) in [6, 6.07) is 9.99. The zero-order chi connectivity index (χ0) is 14.7. The summed E-state index contributed by atoms with van der Waals surface area (Å²) in [5.74, 6) is -1.58. The van der Waals surface area contributed by atoms with Crippen LogP contribution in [0.25, 0.3) is 0 Å². The Morgan fingerprint density at radius 2 is 1.85 bits per heavy atom. The number of carboxylic acid groups (broad SMARTS) is 1. The van der Waals surface area contributed by atoms with Gasteiger partial charge >= 0.3 is 5.97 Å². The lowest BCUT2D eigenvalue weighted by molar-refractivity contribution is 0.0696. The molecular weight excluding hydrogens is 282 g/mol. The average molecular weight is 292 g/mol. The third-order valence-electron chi connectivity index (χ3n) is 2.57. The van der Waals surface area contributed by atoms with E-state index in [0.29, 0.717) is 5.69 Å². The number of hydrogen-bond donors (Lipinski definition) is 3. The fraction of sp³-hybridized carbons (Fsp3) is 0. The number of benzene rings is 2. The van der Waals surface area contributed by atoms with Crippen molar-refractivity contribution in [3.05, 3.63) is 58.6 Å². The maximum absolute atomic E-state index is 12.0. The van der Waals surface area contributed by atoms with E-state index in [4.69, 9.17) is 16.7 Å². The fourth-order valence-electron chi connectivity index (χ4n) is 1.62. The van der Waals surface area contributed by atoms with Crippen molar-refractivity contribution in [3.8, 4) is 5.75 Å². The van der Waals surface area contributed by atoms with Gasteiger partial charge in [0.1, 0.15) is 5.75 Å². The number of aromatic carboxylic acids is 1. The van der Waals surface area contributed by atoms with Gasteiger partial charge in [-0.3, -0.25) is 4.79 Å². The number of anilines is 1. The van der Waals surface area contributed by atoms with Crippen LogP contribution in [0.15, 0.2) is 42.5 Å². The molecule has 0 atom stereocenters. The molecule has 0 aliphatic heterocycles. The van der Waals surface area contributed by atoms with Gasteiger partial charge in [-0.2, -0.15) is 0 Å². The van der Waals surface area contributed by atoms with Crippen molar-refractivity contribution in [3.63, 3.8) is 0 Å². The molecule has 5 nitrogen and oxygen atoms in total. The smallest absolute Gasteiger partial charge is 0.337 e. The Morgan fingerprint density at radius 3 is 2.45 bits per heavy atom.